The number of imidazole rings is 1. The van der Waals surface area contributed by atoms with Crippen molar-refractivity contribution in [3.63, 3.8) is 0 Å². The Bertz CT molecular complexity index is 343. The number of hydrogen-bond acceptors (Lipinski definition) is 3. The molecule has 1 aliphatic heterocycles. The summed E-state index contributed by atoms with van der Waals surface area (Å²) in [7, 11) is 0. The molecule has 1 N–H and O–H groups in total. The molecule has 2 rings (SSSR count). The summed E-state index contributed by atoms with van der Waals surface area (Å²) in [6, 6.07) is 0. The first-order valence-electron chi connectivity index (χ1n) is 7.71. The molecule has 1 aromatic rings. The van der Waals surface area contributed by atoms with Gasteiger partial charge in [0.2, 0.25) is 0 Å². The van der Waals surface area contributed by atoms with E-state index in [0.717, 1.165) is 6.54 Å². The van der Waals surface area contributed by atoms with Crippen molar-refractivity contribution in [1.29, 1.82) is 0 Å². The van der Waals surface area contributed by atoms with Crippen LogP contribution in [-0.4, -0.2) is 46.2 Å². The normalized spacial score (nSPS) is 20.3. The van der Waals surface area contributed by atoms with Crippen LogP contribution in [0.2, 0.25) is 0 Å². The number of aryl methyl sites for hydroxylation is 1. The van der Waals surface area contributed by atoms with Gasteiger partial charge in [-0.2, -0.15) is 0 Å². The highest BCUT2D eigenvalue weighted by Gasteiger charge is 2.29. The number of nitrogens with zero attached hydrogens (tertiary/aromatic N) is 3. The lowest BCUT2D eigenvalue weighted by Crippen LogP contribution is -2.50. The first-order chi connectivity index (χ1) is 9.28. The van der Waals surface area contributed by atoms with Crippen molar-refractivity contribution in [2.45, 2.75) is 51.6 Å². The summed E-state index contributed by atoms with van der Waals surface area (Å²) in [5.74, 6) is 0. The zero-order chi connectivity index (χ0) is 13.6. The molecule has 2 heterocycles. The summed E-state index contributed by atoms with van der Waals surface area (Å²) < 4.78 is 2.17. The topological polar surface area (TPSA) is 33.1 Å². The van der Waals surface area contributed by atoms with E-state index in [1.807, 2.05) is 18.7 Å². The Morgan fingerprint density at radius 1 is 1.26 bits per heavy atom. The van der Waals surface area contributed by atoms with Crippen molar-refractivity contribution in [2.24, 2.45) is 0 Å². The van der Waals surface area contributed by atoms with Crippen LogP contribution in [0.4, 0.5) is 0 Å². The van der Waals surface area contributed by atoms with Gasteiger partial charge >= 0.3 is 0 Å². The van der Waals surface area contributed by atoms with Crippen LogP contribution in [0.15, 0.2) is 18.7 Å². The van der Waals surface area contributed by atoms with Crippen LogP contribution >= 0.6 is 0 Å². The lowest BCUT2D eigenvalue weighted by Gasteiger charge is -2.35. The molecule has 0 spiro atoms. The van der Waals surface area contributed by atoms with Crippen LogP contribution in [0.3, 0.4) is 0 Å². The molecule has 1 aromatic heterocycles. The van der Waals surface area contributed by atoms with E-state index in [4.69, 9.17) is 0 Å². The molecule has 108 valence electrons. The Labute approximate surface area is 117 Å². The van der Waals surface area contributed by atoms with Crippen molar-refractivity contribution in [2.75, 3.05) is 26.2 Å². The van der Waals surface area contributed by atoms with E-state index in [2.05, 4.69) is 33.6 Å². The van der Waals surface area contributed by atoms with E-state index in [1.165, 1.54) is 51.9 Å². The van der Waals surface area contributed by atoms with Gasteiger partial charge in [-0.15, -0.1) is 0 Å². The Morgan fingerprint density at radius 2 is 2.11 bits per heavy atom. The first-order valence-corrected chi connectivity index (χ1v) is 7.71. The van der Waals surface area contributed by atoms with Gasteiger partial charge in [0.25, 0.3) is 0 Å². The highest BCUT2D eigenvalue weighted by atomic mass is 15.2. The zero-order valence-electron chi connectivity index (χ0n) is 12.4. The maximum absolute atomic E-state index is 4.09. The standard InChI is InChI=1S/C15H28N4/c1-3-15(4-2)13-18(9-5-7-17-15)10-6-11-19-12-8-16-14-19/h8,12,14,17H,3-7,9-11,13H2,1-2H3. The quantitative estimate of drug-likeness (QED) is 0.854. The Kier molecular flexibility index (Phi) is 5.40. The minimum Gasteiger partial charge on any atom is -0.337 e. The third kappa shape index (κ3) is 4.05. The average molecular weight is 264 g/mol. The second-order valence-corrected chi connectivity index (χ2v) is 5.70. The van der Waals surface area contributed by atoms with Gasteiger partial charge in [0.05, 0.1) is 6.33 Å². The van der Waals surface area contributed by atoms with Gasteiger partial charge in [-0.25, -0.2) is 4.98 Å². The molecule has 19 heavy (non-hydrogen) atoms. The van der Waals surface area contributed by atoms with Crippen molar-refractivity contribution in [3.05, 3.63) is 18.7 Å². The Hall–Kier alpha value is -0.870. The molecule has 0 aliphatic carbocycles. The number of rotatable bonds is 6. The molecule has 0 atom stereocenters. The smallest absolute Gasteiger partial charge is 0.0945 e. The molecule has 1 saturated heterocycles. The van der Waals surface area contributed by atoms with Crippen molar-refractivity contribution >= 4 is 0 Å². The molecule has 0 aromatic carbocycles. The second-order valence-electron chi connectivity index (χ2n) is 5.70. The molecule has 0 bridgehead atoms. The largest absolute Gasteiger partial charge is 0.337 e. The minimum absolute atomic E-state index is 0.339. The molecule has 1 fully saturated rings. The highest BCUT2D eigenvalue weighted by Crippen LogP contribution is 2.19. The SMILES string of the molecule is CCC1(CC)CN(CCCn2ccnc2)CCCN1. The number of nitrogens with one attached hydrogen (secondary N) is 1. The summed E-state index contributed by atoms with van der Waals surface area (Å²) in [6.07, 6.45) is 10.7. The molecular weight excluding hydrogens is 236 g/mol. The average Bonchev–Trinajstić information content (AvgIpc) is 2.86. The van der Waals surface area contributed by atoms with Crippen LogP contribution in [0.1, 0.15) is 39.5 Å². The first kappa shape index (κ1) is 14.5. The van der Waals surface area contributed by atoms with Crippen molar-refractivity contribution in [1.82, 2.24) is 19.8 Å². The van der Waals surface area contributed by atoms with Gasteiger partial charge < -0.3 is 14.8 Å². The van der Waals surface area contributed by atoms with Crippen LogP contribution < -0.4 is 5.32 Å². The minimum atomic E-state index is 0.339. The van der Waals surface area contributed by atoms with E-state index < -0.39 is 0 Å². The van der Waals surface area contributed by atoms with E-state index in [1.54, 1.807) is 0 Å². The van der Waals surface area contributed by atoms with Crippen molar-refractivity contribution < 1.29 is 0 Å². The maximum Gasteiger partial charge on any atom is 0.0945 e. The van der Waals surface area contributed by atoms with Gasteiger partial charge in [-0.3, -0.25) is 0 Å². The fourth-order valence-electron chi connectivity index (χ4n) is 3.03. The zero-order valence-corrected chi connectivity index (χ0v) is 12.4. The molecule has 0 amide bonds. The van der Waals surface area contributed by atoms with Gasteiger partial charge in [0.15, 0.2) is 0 Å². The van der Waals surface area contributed by atoms with Crippen LogP contribution in [-0.2, 0) is 6.54 Å². The van der Waals surface area contributed by atoms with Crippen LogP contribution in [0.5, 0.6) is 0 Å². The van der Waals surface area contributed by atoms with Crippen LogP contribution in [0.25, 0.3) is 0 Å². The Morgan fingerprint density at radius 3 is 2.79 bits per heavy atom. The molecule has 0 radical (unpaired) electrons. The lowest BCUT2D eigenvalue weighted by atomic mass is 9.92. The Balaban J connectivity index is 1.81. The number of aromatic nitrogens is 2. The predicted molar refractivity (Wildman–Crippen MR) is 79.2 cm³/mol. The fraction of sp³-hybridized carbons (Fsp3) is 0.800. The van der Waals surface area contributed by atoms with Gasteiger partial charge in [0.1, 0.15) is 0 Å². The third-order valence-corrected chi connectivity index (χ3v) is 4.48. The molecule has 4 nitrogen and oxygen atoms in total. The molecule has 0 unspecified atom stereocenters. The van der Waals surface area contributed by atoms with Gasteiger partial charge in [-0.05, 0) is 45.3 Å². The second kappa shape index (κ2) is 7.06. The summed E-state index contributed by atoms with van der Waals surface area (Å²) in [4.78, 5) is 6.73. The summed E-state index contributed by atoms with van der Waals surface area (Å²) in [6.45, 7) is 10.5. The monoisotopic (exact) mass is 264 g/mol. The van der Waals surface area contributed by atoms with Crippen molar-refractivity contribution in [3.8, 4) is 0 Å². The molecule has 0 saturated carbocycles. The van der Waals surface area contributed by atoms with Gasteiger partial charge in [-0.1, -0.05) is 13.8 Å². The molecule has 4 heteroatoms. The molecule has 1 aliphatic rings. The van der Waals surface area contributed by atoms with E-state index in [9.17, 15) is 0 Å². The summed E-state index contributed by atoms with van der Waals surface area (Å²) >= 11 is 0. The van der Waals surface area contributed by atoms with Crippen LogP contribution in [0, 0.1) is 0 Å². The number of hydrogen-bond donors (Lipinski definition) is 1. The summed E-state index contributed by atoms with van der Waals surface area (Å²) in [5, 5.41) is 3.77. The highest BCUT2D eigenvalue weighted by molar-refractivity contribution is 4.91. The predicted octanol–water partition coefficient (Wildman–Crippen LogP) is 2.13. The fourth-order valence-corrected chi connectivity index (χ4v) is 3.03. The van der Waals surface area contributed by atoms with E-state index in [-0.39, 0.29) is 0 Å². The van der Waals surface area contributed by atoms with E-state index >= 15 is 0 Å². The molecular formula is C15H28N4. The third-order valence-electron chi connectivity index (χ3n) is 4.48. The van der Waals surface area contributed by atoms with E-state index in [0.29, 0.717) is 5.54 Å². The van der Waals surface area contributed by atoms with Gasteiger partial charge in [0, 0.05) is 31.0 Å². The maximum atomic E-state index is 4.09. The summed E-state index contributed by atoms with van der Waals surface area (Å²) in [5.41, 5.74) is 0.339. The lowest BCUT2D eigenvalue weighted by molar-refractivity contribution is 0.193.